The largest absolute Gasteiger partial charge is 0.314 e. The molecule has 1 nitrogen and oxygen atoms in total. The Bertz CT molecular complexity index is 320. The van der Waals surface area contributed by atoms with Crippen molar-refractivity contribution in [1.82, 2.24) is 5.32 Å². The summed E-state index contributed by atoms with van der Waals surface area (Å²) in [5, 5.41) is 3.72. The molecule has 114 valence electrons. The highest BCUT2D eigenvalue weighted by atomic mass is 14.9. The predicted molar refractivity (Wildman–Crippen MR) is 90.3 cm³/mol. The first-order valence-corrected chi connectivity index (χ1v) is 8.61. The molecule has 2 atom stereocenters. The maximum Gasteiger partial charge on any atom is 0.0136 e. The highest BCUT2D eigenvalue weighted by Crippen LogP contribution is 2.26. The molecule has 0 aliphatic heterocycles. The Hall–Kier alpha value is -0.820. The molecule has 0 amide bonds. The summed E-state index contributed by atoms with van der Waals surface area (Å²) < 4.78 is 0. The SMILES string of the molecule is CCCCCCCC(NCC)C(CC)c1ccccc1. The van der Waals surface area contributed by atoms with Gasteiger partial charge in [0.2, 0.25) is 0 Å². The lowest BCUT2D eigenvalue weighted by atomic mass is 9.86. The van der Waals surface area contributed by atoms with Crippen molar-refractivity contribution in [2.75, 3.05) is 6.54 Å². The van der Waals surface area contributed by atoms with Crippen LogP contribution >= 0.6 is 0 Å². The van der Waals surface area contributed by atoms with E-state index < -0.39 is 0 Å². The fourth-order valence-electron chi connectivity index (χ4n) is 3.13. The maximum absolute atomic E-state index is 3.72. The fraction of sp³-hybridized carbons (Fsp3) is 0.684. The molecule has 1 rings (SSSR count). The van der Waals surface area contributed by atoms with Gasteiger partial charge in [-0.05, 0) is 30.9 Å². The topological polar surface area (TPSA) is 12.0 Å². The van der Waals surface area contributed by atoms with E-state index in [1.54, 1.807) is 0 Å². The van der Waals surface area contributed by atoms with Gasteiger partial charge in [0.25, 0.3) is 0 Å². The number of nitrogens with one attached hydrogen (secondary N) is 1. The Kier molecular flexibility index (Phi) is 9.40. The molecule has 0 aliphatic rings. The van der Waals surface area contributed by atoms with Crippen molar-refractivity contribution in [2.24, 2.45) is 0 Å². The molecule has 0 saturated carbocycles. The first-order chi connectivity index (χ1) is 9.83. The third-order valence-corrected chi connectivity index (χ3v) is 4.24. The Morgan fingerprint density at radius 1 is 0.900 bits per heavy atom. The van der Waals surface area contributed by atoms with Crippen molar-refractivity contribution in [3.8, 4) is 0 Å². The molecule has 1 aromatic rings. The van der Waals surface area contributed by atoms with Gasteiger partial charge < -0.3 is 5.32 Å². The minimum Gasteiger partial charge on any atom is -0.314 e. The van der Waals surface area contributed by atoms with E-state index in [2.05, 4.69) is 56.4 Å². The molecular formula is C19H33N. The van der Waals surface area contributed by atoms with Crippen LogP contribution in [0.3, 0.4) is 0 Å². The second-order valence-electron chi connectivity index (χ2n) is 5.79. The van der Waals surface area contributed by atoms with Crippen LogP contribution in [0.5, 0.6) is 0 Å². The summed E-state index contributed by atoms with van der Waals surface area (Å²) in [6, 6.07) is 11.7. The maximum atomic E-state index is 3.72. The van der Waals surface area contributed by atoms with Crippen molar-refractivity contribution in [3.05, 3.63) is 35.9 Å². The molecule has 0 fully saturated rings. The van der Waals surface area contributed by atoms with Crippen molar-refractivity contribution < 1.29 is 0 Å². The van der Waals surface area contributed by atoms with E-state index in [9.17, 15) is 0 Å². The van der Waals surface area contributed by atoms with Gasteiger partial charge in [-0.25, -0.2) is 0 Å². The lowest BCUT2D eigenvalue weighted by Gasteiger charge is -2.27. The van der Waals surface area contributed by atoms with Crippen molar-refractivity contribution >= 4 is 0 Å². The standard InChI is InChI=1S/C19H33N/c1-4-7-8-9-13-16-19(20-6-3)18(5-2)17-14-11-10-12-15-17/h10-12,14-15,18-20H,4-9,13,16H2,1-3H3. The summed E-state index contributed by atoms with van der Waals surface area (Å²) in [5.41, 5.74) is 1.49. The molecule has 0 spiro atoms. The first kappa shape index (κ1) is 17.2. The number of likely N-dealkylation sites (N-methyl/N-ethyl adjacent to an activating group) is 1. The van der Waals surface area contributed by atoms with Crippen LogP contribution in [0.1, 0.15) is 77.2 Å². The second kappa shape index (κ2) is 10.9. The number of benzene rings is 1. The van der Waals surface area contributed by atoms with Gasteiger partial charge in [0.15, 0.2) is 0 Å². The van der Waals surface area contributed by atoms with Crippen LogP contribution in [0.4, 0.5) is 0 Å². The first-order valence-electron chi connectivity index (χ1n) is 8.61. The molecule has 0 bridgehead atoms. The lowest BCUT2D eigenvalue weighted by molar-refractivity contribution is 0.391. The Labute approximate surface area is 126 Å². The molecule has 1 heteroatoms. The monoisotopic (exact) mass is 275 g/mol. The molecule has 1 N–H and O–H groups in total. The van der Waals surface area contributed by atoms with E-state index in [4.69, 9.17) is 0 Å². The van der Waals surface area contributed by atoms with Crippen LogP contribution in [0.2, 0.25) is 0 Å². The van der Waals surface area contributed by atoms with Gasteiger partial charge >= 0.3 is 0 Å². The molecular weight excluding hydrogens is 242 g/mol. The van der Waals surface area contributed by atoms with Gasteiger partial charge in [0, 0.05) is 6.04 Å². The van der Waals surface area contributed by atoms with Crippen molar-refractivity contribution in [3.63, 3.8) is 0 Å². The van der Waals surface area contributed by atoms with Gasteiger partial charge in [0.1, 0.15) is 0 Å². The molecule has 0 aromatic heterocycles. The summed E-state index contributed by atoms with van der Waals surface area (Å²) >= 11 is 0. The highest BCUT2D eigenvalue weighted by Gasteiger charge is 2.20. The van der Waals surface area contributed by atoms with E-state index in [1.807, 2.05) is 0 Å². The molecule has 0 aliphatic carbocycles. The molecule has 1 aromatic carbocycles. The summed E-state index contributed by atoms with van der Waals surface area (Å²) in [7, 11) is 0. The summed E-state index contributed by atoms with van der Waals surface area (Å²) in [4.78, 5) is 0. The number of rotatable bonds is 11. The predicted octanol–water partition coefficient (Wildman–Crippen LogP) is 5.52. The van der Waals surface area contributed by atoms with Crippen LogP contribution in [-0.2, 0) is 0 Å². The molecule has 2 unspecified atom stereocenters. The molecule has 0 saturated heterocycles. The number of hydrogen-bond donors (Lipinski definition) is 1. The summed E-state index contributed by atoms with van der Waals surface area (Å²) in [6.07, 6.45) is 9.40. The van der Waals surface area contributed by atoms with Crippen LogP contribution in [-0.4, -0.2) is 12.6 Å². The summed E-state index contributed by atoms with van der Waals surface area (Å²) in [5.74, 6) is 0.655. The van der Waals surface area contributed by atoms with Crippen LogP contribution in [0.15, 0.2) is 30.3 Å². The van der Waals surface area contributed by atoms with Crippen molar-refractivity contribution in [2.45, 2.75) is 77.7 Å². The number of unbranched alkanes of at least 4 members (excludes halogenated alkanes) is 4. The van der Waals surface area contributed by atoms with Gasteiger partial charge in [-0.15, -0.1) is 0 Å². The van der Waals surface area contributed by atoms with Gasteiger partial charge in [-0.3, -0.25) is 0 Å². The second-order valence-corrected chi connectivity index (χ2v) is 5.79. The van der Waals surface area contributed by atoms with Gasteiger partial charge in [0.05, 0.1) is 0 Å². The zero-order valence-electron chi connectivity index (χ0n) is 13.7. The molecule has 20 heavy (non-hydrogen) atoms. The molecule has 0 heterocycles. The minimum atomic E-state index is 0.633. The van der Waals surface area contributed by atoms with E-state index in [0.29, 0.717) is 12.0 Å². The fourth-order valence-corrected chi connectivity index (χ4v) is 3.13. The quantitative estimate of drug-likeness (QED) is 0.524. The van der Waals surface area contributed by atoms with Gasteiger partial charge in [-0.2, -0.15) is 0 Å². The Morgan fingerprint density at radius 2 is 1.60 bits per heavy atom. The Balaban J connectivity index is 2.53. The average molecular weight is 275 g/mol. The minimum absolute atomic E-state index is 0.633. The van der Waals surface area contributed by atoms with Crippen LogP contribution in [0, 0.1) is 0 Å². The van der Waals surface area contributed by atoms with E-state index in [-0.39, 0.29) is 0 Å². The van der Waals surface area contributed by atoms with Crippen molar-refractivity contribution in [1.29, 1.82) is 0 Å². The zero-order chi connectivity index (χ0) is 14.6. The normalized spacial score (nSPS) is 14.2. The van der Waals surface area contributed by atoms with Crippen LogP contribution in [0.25, 0.3) is 0 Å². The lowest BCUT2D eigenvalue weighted by Crippen LogP contribution is -2.34. The van der Waals surface area contributed by atoms with E-state index >= 15 is 0 Å². The third kappa shape index (κ3) is 6.09. The Morgan fingerprint density at radius 3 is 2.20 bits per heavy atom. The van der Waals surface area contributed by atoms with E-state index in [0.717, 1.165) is 6.54 Å². The number of hydrogen-bond acceptors (Lipinski definition) is 1. The average Bonchev–Trinajstić information content (AvgIpc) is 2.49. The zero-order valence-corrected chi connectivity index (χ0v) is 13.7. The van der Waals surface area contributed by atoms with E-state index in [1.165, 1.54) is 50.5 Å². The summed E-state index contributed by atoms with van der Waals surface area (Å²) in [6.45, 7) is 7.90. The third-order valence-electron chi connectivity index (χ3n) is 4.24. The van der Waals surface area contributed by atoms with Gasteiger partial charge in [-0.1, -0.05) is 83.2 Å². The smallest absolute Gasteiger partial charge is 0.0136 e. The highest BCUT2D eigenvalue weighted by molar-refractivity contribution is 5.21. The molecule has 0 radical (unpaired) electrons. The van der Waals surface area contributed by atoms with Crippen LogP contribution < -0.4 is 5.32 Å².